The minimum atomic E-state index is -0.0231. The van der Waals surface area contributed by atoms with E-state index in [-0.39, 0.29) is 5.56 Å². The summed E-state index contributed by atoms with van der Waals surface area (Å²) in [5, 5.41) is 7.56. The van der Waals surface area contributed by atoms with E-state index in [0.29, 0.717) is 12.6 Å². The Labute approximate surface area is 115 Å². The molecule has 1 aromatic heterocycles. The molecule has 1 aromatic rings. The molecule has 0 aliphatic rings. The average Bonchev–Trinajstić information content (AvgIpc) is 2.36. The molecule has 0 fully saturated rings. The van der Waals surface area contributed by atoms with Crippen molar-refractivity contribution in [2.45, 2.75) is 46.2 Å². The Morgan fingerprint density at radius 3 is 2.79 bits per heavy atom. The maximum atomic E-state index is 11.9. The maximum absolute atomic E-state index is 11.9. The number of hydrogen-bond donors (Lipinski definition) is 1. The molecule has 1 rings (SSSR count). The lowest BCUT2D eigenvalue weighted by molar-refractivity contribution is 0.499. The van der Waals surface area contributed by atoms with Crippen molar-refractivity contribution < 1.29 is 0 Å². The van der Waals surface area contributed by atoms with Crippen molar-refractivity contribution in [3.8, 4) is 0 Å². The third kappa shape index (κ3) is 5.42. The van der Waals surface area contributed by atoms with Crippen LogP contribution in [0.2, 0.25) is 0 Å². The van der Waals surface area contributed by atoms with Gasteiger partial charge in [-0.15, -0.1) is 0 Å². The van der Waals surface area contributed by atoms with Gasteiger partial charge in [-0.1, -0.05) is 20.8 Å². The van der Waals surface area contributed by atoms with Gasteiger partial charge in [0.2, 0.25) is 0 Å². The maximum Gasteiger partial charge on any atom is 0.268 e. The molecule has 0 saturated carbocycles. The van der Waals surface area contributed by atoms with Gasteiger partial charge >= 0.3 is 0 Å². The second-order valence-electron chi connectivity index (χ2n) is 5.16. The highest BCUT2D eigenvalue weighted by Crippen LogP contribution is 2.07. The van der Waals surface area contributed by atoms with Crippen LogP contribution in [-0.4, -0.2) is 36.0 Å². The highest BCUT2D eigenvalue weighted by molar-refractivity contribution is 5.41. The van der Waals surface area contributed by atoms with Crippen LogP contribution in [0.5, 0.6) is 0 Å². The van der Waals surface area contributed by atoms with Gasteiger partial charge in [-0.3, -0.25) is 4.79 Å². The average molecular weight is 266 g/mol. The van der Waals surface area contributed by atoms with Crippen molar-refractivity contribution in [1.82, 2.24) is 15.1 Å². The Hall–Kier alpha value is -1.36. The van der Waals surface area contributed by atoms with Gasteiger partial charge < -0.3 is 10.2 Å². The third-order valence-electron chi connectivity index (χ3n) is 2.95. The van der Waals surface area contributed by atoms with Crippen LogP contribution in [0.4, 0.5) is 5.69 Å². The van der Waals surface area contributed by atoms with Crippen molar-refractivity contribution in [1.29, 1.82) is 0 Å². The van der Waals surface area contributed by atoms with E-state index in [1.54, 1.807) is 12.3 Å². The molecule has 0 atom stereocenters. The summed E-state index contributed by atoms with van der Waals surface area (Å²) in [5.41, 5.74) is 0.869. The molecule has 0 amide bonds. The second kappa shape index (κ2) is 7.94. The Morgan fingerprint density at radius 2 is 2.21 bits per heavy atom. The van der Waals surface area contributed by atoms with Crippen LogP contribution >= 0.6 is 0 Å². The number of anilines is 1. The van der Waals surface area contributed by atoms with Gasteiger partial charge in [0.15, 0.2) is 0 Å². The van der Waals surface area contributed by atoms with Crippen LogP contribution in [0, 0.1) is 0 Å². The molecule has 0 bridgehead atoms. The highest BCUT2D eigenvalue weighted by atomic mass is 16.1. The first kappa shape index (κ1) is 15.7. The first-order chi connectivity index (χ1) is 9.04. The number of rotatable bonds is 8. The van der Waals surface area contributed by atoms with Gasteiger partial charge in [0, 0.05) is 32.2 Å². The first-order valence-electron chi connectivity index (χ1n) is 7.06. The fourth-order valence-electron chi connectivity index (χ4n) is 1.88. The standard InChI is InChI=1S/C14H26N4O/c1-5-8-17(4)13-10-14(19)18(16-11-13)9-6-7-15-12(2)3/h10-12,15H,5-9H2,1-4H3. The molecule has 0 saturated heterocycles. The Kier molecular flexibility index (Phi) is 6.56. The summed E-state index contributed by atoms with van der Waals surface area (Å²) in [7, 11) is 1.98. The quantitative estimate of drug-likeness (QED) is 0.724. The third-order valence-corrected chi connectivity index (χ3v) is 2.95. The molecule has 1 heterocycles. The number of aromatic nitrogens is 2. The predicted octanol–water partition coefficient (Wildman–Crippen LogP) is 1.48. The van der Waals surface area contributed by atoms with Crippen molar-refractivity contribution in [2.24, 2.45) is 0 Å². The molecule has 1 N–H and O–H groups in total. The Bertz CT molecular complexity index is 428. The summed E-state index contributed by atoms with van der Waals surface area (Å²) in [4.78, 5) is 14.0. The van der Waals surface area contributed by atoms with Crippen LogP contribution in [0.15, 0.2) is 17.1 Å². The highest BCUT2D eigenvalue weighted by Gasteiger charge is 2.04. The van der Waals surface area contributed by atoms with Gasteiger partial charge in [-0.25, -0.2) is 4.68 Å². The SMILES string of the molecule is CCCN(C)c1cnn(CCCNC(C)C)c(=O)c1. The van der Waals surface area contributed by atoms with Gasteiger partial charge in [-0.2, -0.15) is 5.10 Å². The molecule has 5 nitrogen and oxygen atoms in total. The number of nitrogens with zero attached hydrogens (tertiary/aromatic N) is 3. The molecule has 5 heteroatoms. The van der Waals surface area contributed by atoms with Crippen molar-refractivity contribution in [3.63, 3.8) is 0 Å². The van der Waals surface area contributed by atoms with Gasteiger partial charge in [0.1, 0.15) is 0 Å². The topological polar surface area (TPSA) is 50.2 Å². The smallest absolute Gasteiger partial charge is 0.268 e. The van der Waals surface area contributed by atoms with Crippen LogP contribution in [0.3, 0.4) is 0 Å². The van der Waals surface area contributed by atoms with E-state index in [1.807, 2.05) is 7.05 Å². The molecule has 108 valence electrons. The van der Waals surface area contributed by atoms with E-state index in [2.05, 4.69) is 36.1 Å². The van der Waals surface area contributed by atoms with Crippen LogP contribution in [0.25, 0.3) is 0 Å². The van der Waals surface area contributed by atoms with E-state index in [1.165, 1.54) is 4.68 Å². The molecule has 0 aromatic carbocycles. The predicted molar refractivity (Wildman–Crippen MR) is 79.8 cm³/mol. The molecule has 0 spiro atoms. The Morgan fingerprint density at radius 1 is 1.47 bits per heavy atom. The molecule has 0 aliphatic carbocycles. The minimum absolute atomic E-state index is 0.0231. The van der Waals surface area contributed by atoms with Gasteiger partial charge in [0.05, 0.1) is 11.9 Å². The second-order valence-corrected chi connectivity index (χ2v) is 5.16. The molecular formula is C14H26N4O. The van der Waals surface area contributed by atoms with Gasteiger partial charge in [0.25, 0.3) is 5.56 Å². The lowest BCUT2D eigenvalue weighted by Crippen LogP contribution is -2.29. The largest absolute Gasteiger partial charge is 0.373 e. The molecular weight excluding hydrogens is 240 g/mol. The fourth-order valence-corrected chi connectivity index (χ4v) is 1.88. The number of nitrogens with one attached hydrogen (secondary N) is 1. The summed E-state index contributed by atoms with van der Waals surface area (Å²) in [6, 6.07) is 2.15. The fraction of sp³-hybridized carbons (Fsp3) is 0.714. The Balaban J connectivity index is 2.55. The summed E-state index contributed by atoms with van der Waals surface area (Å²) >= 11 is 0. The zero-order valence-electron chi connectivity index (χ0n) is 12.5. The minimum Gasteiger partial charge on any atom is -0.373 e. The van der Waals surface area contributed by atoms with Crippen molar-refractivity contribution >= 4 is 5.69 Å². The van der Waals surface area contributed by atoms with E-state index in [9.17, 15) is 4.79 Å². The lowest BCUT2D eigenvalue weighted by Gasteiger charge is -2.17. The van der Waals surface area contributed by atoms with E-state index >= 15 is 0 Å². The summed E-state index contributed by atoms with van der Waals surface area (Å²) in [5.74, 6) is 0. The van der Waals surface area contributed by atoms with Gasteiger partial charge in [-0.05, 0) is 19.4 Å². The number of aryl methyl sites for hydroxylation is 1. The van der Waals surface area contributed by atoms with E-state index in [4.69, 9.17) is 0 Å². The van der Waals surface area contributed by atoms with E-state index < -0.39 is 0 Å². The first-order valence-corrected chi connectivity index (χ1v) is 7.06. The molecule has 0 unspecified atom stereocenters. The van der Waals surface area contributed by atoms with Crippen molar-refractivity contribution in [2.75, 3.05) is 25.0 Å². The zero-order chi connectivity index (χ0) is 14.3. The van der Waals surface area contributed by atoms with E-state index in [0.717, 1.165) is 31.6 Å². The molecule has 0 aliphatic heterocycles. The zero-order valence-corrected chi connectivity index (χ0v) is 12.5. The summed E-state index contributed by atoms with van der Waals surface area (Å²) < 4.78 is 1.53. The van der Waals surface area contributed by atoms with Crippen LogP contribution < -0.4 is 15.8 Å². The lowest BCUT2D eigenvalue weighted by atomic mass is 10.3. The number of hydrogen-bond acceptors (Lipinski definition) is 4. The van der Waals surface area contributed by atoms with Crippen molar-refractivity contribution in [3.05, 3.63) is 22.6 Å². The van der Waals surface area contributed by atoms with Crippen LogP contribution in [0.1, 0.15) is 33.6 Å². The summed E-state index contributed by atoms with van der Waals surface area (Å²) in [6.45, 7) is 8.85. The normalized spacial score (nSPS) is 11.0. The summed E-state index contributed by atoms with van der Waals surface area (Å²) in [6.07, 6.45) is 3.74. The molecule has 19 heavy (non-hydrogen) atoms. The monoisotopic (exact) mass is 266 g/mol. The molecule has 0 radical (unpaired) electrons. The van der Waals surface area contributed by atoms with Crippen LogP contribution in [-0.2, 0) is 6.54 Å².